The second-order valence-electron chi connectivity index (χ2n) is 4.42. The van der Waals surface area contributed by atoms with Crippen LogP contribution in [-0.4, -0.2) is 27.2 Å². The van der Waals surface area contributed by atoms with Gasteiger partial charge >= 0.3 is 0 Å². The fourth-order valence-electron chi connectivity index (χ4n) is 1.95. The van der Waals surface area contributed by atoms with Crippen molar-refractivity contribution in [2.75, 3.05) is 27.2 Å². The Hall–Kier alpha value is -0.580. The van der Waals surface area contributed by atoms with Crippen molar-refractivity contribution in [1.29, 1.82) is 0 Å². The Balaban J connectivity index is 2.49. The van der Waals surface area contributed by atoms with Gasteiger partial charge in [0.2, 0.25) is 0 Å². The van der Waals surface area contributed by atoms with Gasteiger partial charge in [0.15, 0.2) is 0 Å². The lowest BCUT2D eigenvalue weighted by atomic mass is 10.1. The Morgan fingerprint density at radius 3 is 2.72 bits per heavy atom. The van der Waals surface area contributed by atoms with Crippen molar-refractivity contribution in [2.45, 2.75) is 19.9 Å². The topological polar surface area (TPSA) is 33.3 Å². The van der Waals surface area contributed by atoms with E-state index in [0.717, 1.165) is 29.9 Å². The molecular weight excluding hydrogens is 292 g/mol. The van der Waals surface area contributed by atoms with E-state index < -0.39 is 0 Å². The monoisotopic (exact) mass is 314 g/mol. The molecule has 0 saturated heterocycles. The van der Waals surface area contributed by atoms with Gasteiger partial charge in [-0.05, 0) is 44.3 Å². The van der Waals surface area contributed by atoms with Crippen LogP contribution in [0.3, 0.4) is 0 Å². The summed E-state index contributed by atoms with van der Waals surface area (Å²) in [6.45, 7) is 5.14. The summed E-state index contributed by atoms with van der Waals surface area (Å²) >= 11 is 3.49. The largest absolute Gasteiger partial charge is 0.496 e. The van der Waals surface area contributed by atoms with Crippen LogP contribution < -0.4 is 15.4 Å². The summed E-state index contributed by atoms with van der Waals surface area (Å²) in [5, 5.41) is 6.73. The molecule has 1 aromatic carbocycles. The van der Waals surface area contributed by atoms with Crippen LogP contribution in [0.15, 0.2) is 22.7 Å². The van der Waals surface area contributed by atoms with Crippen molar-refractivity contribution in [1.82, 2.24) is 10.6 Å². The maximum absolute atomic E-state index is 5.36. The molecule has 0 radical (unpaired) electrons. The molecule has 18 heavy (non-hydrogen) atoms. The molecule has 0 spiro atoms. The summed E-state index contributed by atoms with van der Waals surface area (Å²) in [4.78, 5) is 0. The highest BCUT2D eigenvalue weighted by Crippen LogP contribution is 2.22. The average Bonchev–Trinajstić information content (AvgIpc) is 2.38. The van der Waals surface area contributed by atoms with Gasteiger partial charge in [-0.15, -0.1) is 0 Å². The number of halogens is 1. The van der Waals surface area contributed by atoms with Gasteiger partial charge < -0.3 is 15.4 Å². The van der Waals surface area contributed by atoms with Gasteiger partial charge in [-0.25, -0.2) is 0 Å². The first kappa shape index (κ1) is 15.5. The van der Waals surface area contributed by atoms with E-state index in [1.54, 1.807) is 7.11 Å². The molecular formula is C14H23BrN2O. The summed E-state index contributed by atoms with van der Waals surface area (Å²) < 4.78 is 6.44. The van der Waals surface area contributed by atoms with Gasteiger partial charge in [0.1, 0.15) is 5.75 Å². The van der Waals surface area contributed by atoms with Crippen molar-refractivity contribution in [3.8, 4) is 5.75 Å². The summed E-state index contributed by atoms with van der Waals surface area (Å²) in [7, 11) is 3.71. The molecule has 0 aliphatic carbocycles. The van der Waals surface area contributed by atoms with Crippen LogP contribution >= 0.6 is 15.9 Å². The van der Waals surface area contributed by atoms with Crippen molar-refractivity contribution in [3.63, 3.8) is 0 Å². The minimum Gasteiger partial charge on any atom is -0.496 e. The first-order valence-electron chi connectivity index (χ1n) is 6.39. The van der Waals surface area contributed by atoms with Crippen molar-refractivity contribution < 1.29 is 4.74 Å². The number of hydrogen-bond donors (Lipinski definition) is 2. The molecule has 102 valence electrons. The lowest BCUT2D eigenvalue weighted by molar-refractivity contribution is 0.403. The number of methoxy groups -OCH3 is 1. The van der Waals surface area contributed by atoms with Gasteiger partial charge in [-0.1, -0.05) is 29.3 Å². The minimum absolute atomic E-state index is 0.674. The van der Waals surface area contributed by atoms with Crippen LogP contribution in [0.2, 0.25) is 0 Å². The third-order valence-electron chi connectivity index (χ3n) is 3.06. The Labute approximate surface area is 118 Å². The van der Waals surface area contributed by atoms with Gasteiger partial charge in [0.05, 0.1) is 7.11 Å². The Bertz CT molecular complexity index is 358. The predicted molar refractivity (Wildman–Crippen MR) is 80.1 cm³/mol. The van der Waals surface area contributed by atoms with Crippen LogP contribution in [0.25, 0.3) is 0 Å². The van der Waals surface area contributed by atoms with Crippen LogP contribution in [0.5, 0.6) is 5.75 Å². The molecule has 0 fully saturated rings. The molecule has 0 bridgehead atoms. The zero-order chi connectivity index (χ0) is 13.4. The third-order valence-corrected chi connectivity index (χ3v) is 3.55. The van der Waals surface area contributed by atoms with E-state index in [4.69, 9.17) is 4.74 Å². The first-order valence-corrected chi connectivity index (χ1v) is 7.18. The highest BCUT2D eigenvalue weighted by Gasteiger charge is 2.06. The van der Waals surface area contributed by atoms with E-state index in [-0.39, 0.29) is 0 Å². The summed E-state index contributed by atoms with van der Waals surface area (Å²) in [5.74, 6) is 1.61. The maximum atomic E-state index is 5.36. The van der Waals surface area contributed by atoms with E-state index in [9.17, 15) is 0 Å². The first-order chi connectivity index (χ1) is 8.71. The molecule has 0 aromatic heterocycles. The summed E-state index contributed by atoms with van der Waals surface area (Å²) in [6.07, 6.45) is 1.18. The molecule has 0 amide bonds. The molecule has 1 atom stereocenters. The van der Waals surface area contributed by atoms with Crippen LogP contribution in [0, 0.1) is 5.92 Å². The predicted octanol–water partition coefficient (Wildman–Crippen LogP) is 2.79. The van der Waals surface area contributed by atoms with Crippen molar-refractivity contribution in [3.05, 3.63) is 28.2 Å². The summed E-state index contributed by atoms with van der Waals surface area (Å²) in [6, 6.07) is 6.09. The number of rotatable bonds is 8. The fraction of sp³-hybridized carbons (Fsp3) is 0.571. The van der Waals surface area contributed by atoms with Crippen LogP contribution in [0.1, 0.15) is 18.9 Å². The van der Waals surface area contributed by atoms with E-state index in [0.29, 0.717) is 5.92 Å². The number of ether oxygens (including phenoxy) is 1. The van der Waals surface area contributed by atoms with Gasteiger partial charge in [-0.2, -0.15) is 0 Å². The molecule has 0 heterocycles. The maximum Gasteiger partial charge on any atom is 0.123 e. The van der Waals surface area contributed by atoms with Crippen LogP contribution in [-0.2, 0) is 6.54 Å². The minimum atomic E-state index is 0.674. The molecule has 0 saturated carbocycles. The van der Waals surface area contributed by atoms with E-state index in [1.807, 2.05) is 19.2 Å². The van der Waals surface area contributed by atoms with E-state index in [2.05, 4.69) is 39.6 Å². The van der Waals surface area contributed by atoms with Gasteiger partial charge in [-0.3, -0.25) is 0 Å². The number of nitrogens with one attached hydrogen (secondary N) is 2. The standard InChI is InChI=1S/C14H23BrN2O/c1-4-11(8-16-2)9-17-10-12-7-13(15)5-6-14(12)18-3/h5-7,11,16-17H,4,8-10H2,1-3H3. The Morgan fingerprint density at radius 1 is 1.33 bits per heavy atom. The van der Waals surface area contributed by atoms with E-state index in [1.165, 1.54) is 12.0 Å². The lowest BCUT2D eigenvalue weighted by Gasteiger charge is -2.16. The number of benzene rings is 1. The third kappa shape index (κ3) is 4.96. The smallest absolute Gasteiger partial charge is 0.123 e. The molecule has 2 N–H and O–H groups in total. The Kier molecular flexibility index (Phi) is 7.32. The second kappa shape index (κ2) is 8.51. The highest BCUT2D eigenvalue weighted by atomic mass is 79.9. The van der Waals surface area contributed by atoms with E-state index >= 15 is 0 Å². The average molecular weight is 315 g/mol. The summed E-state index contributed by atoms with van der Waals surface area (Å²) in [5.41, 5.74) is 1.19. The fourth-order valence-corrected chi connectivity index (χ4v) is 2.35. The highest BCUT2D eigenvalue weighted by molar-refractivity contribution is 9.10. The van der Waals surface area contributed by atoms with Gasteiger partial charge in [0, 0.05) is 16.6 Å². The SMILES string of the molecule is CCC(CNC)CNCc1cc(Br)ccc1OC. The van der Waals surface area contributed by atoms with Crippen LogP contribution in [0.4, 0.5) is 0 Å². The zero-order valence-electron chi connectivity index (χ0n) is 11.4. The zero-order valence-corrected chi connectivity index (χ0v) is 13.0. The van der Waals surface area contributed by atoms with Crippen molar-refractivity contribution >= 4 is 15.9 Å². The molecule has 4 heteroatoms. The number of hydrogen-bond acceptors (Lipinski definition) is 3. The van der Waals surface area contributed by atoms with Gasteiger partial charge in [0.25, 0.3) is 0 Å². The molecule has 0 aliphatic rings. The molecule has 1 rings (SSSR count). The quantitative estimate of drug-likeness (QED) is 0.774. The lowest BCUT2D eigenvalue weighted by Crippen LogP contribution is -2.29. The molecule has 0 aliphatic heterocycles. The normalized spacial score (nSPS) is 12.4. The second-order valence-corrected chi connectivity index (χ2v) is 5.33. The molecule has 1 aromatic rings. The molecule has 3 nitrogen and oxygen atoms in total. The Morgan fingerprint density at radius 2 is 2.11 bits per heavy atom. The van der Waals surface area contributed by atoms with Crippen molar-refractivity contribution in [2.24, 2.45) is 5.92 Å². The molecule has 1 unspecified atom stereocenters.